The van der Waals surface area contributed by atoms with Gasteiger partial charge in [0.2, 0.25) is 5.91 Å². The molecule has 0 bridgehead atoms. The molecule has 0 aromatic rings. The van der Waals surface area contributed by atoms with E-state index < -0.39 is 6.04 Å². The van der Waals surface area contributed by atoms with Crippen LogP contribution in [0, 0.1) is 5.41 Å². The highest BCUT2D eigenvalue weighted by Gasteiger charge is 2.34. The van der Waals surface area contributed by atoms with Gasteiger partial charge in [-0.2, -0.15) is 0 Å². The average Bonchev–Trinajstić information content (AvgIpc) is 2.12. The van der Waals surface area contributed by atoms with Crippen LogP contribution < -0.4 is 5.73 Å². The fraction of sp³-hybridized carbons (Fsp3) is 0.917. The predicted octanol–water partition coefficient (Wildman–Crippen LogP) is 0.996. The van der Waals surface area contributed by atoms with E-state index >= 15 is 0 Å². The predicted molar refractivity (Wildman–Crippen MR) is 64.0 cm³/mol. The quantitative estimate of drug-likeness (QED) is 0.728. The third kappa shape index (κ3) is 3.19. The average molecular weight is 228 g/mol. The first-order valence-corrected chi connectivity index (χ1v) is 5.91. The van der Waals surface area contributed by atoms with Gasteiger partial charge in [-0.3, -0.25) is 4.79 Å². The zero-order chi connectivity index (χ0) is 12.5. The summed E-state index contributed by atoms with van der Waals surface area (Å²) in [6, 6.07) is -0.440. The molecule has 1 heterocycles. The molecular formula is C12H24N2O2. The Kier molecular flexibility index (Phi) is 3.97. The van der Waals surface area contributed by atoms with Gasteiger partial charge < -0.3 is 15.4 Å². The maximum Gasteiger partial charge on any atom is 0.240 e. The van der Waals surface area contributed by atoms with Crippen molar-refractivity contribution in [1.29, 1.82) is 0 Å². The lowest BCUT2D eigenvalue weighted by atomic mass is 9.86. The van der Waals surface area contributed by atoms with Crippen molar-refractivity contribution in [3.63, 3.8) is 0 Å². The summed E-state index contributed by atoms with van der Waals surface area (Å²) in [5.41, 5.74) is 5.79. The summed E-state index contributed by atoms with van der Waals surface area (Å²) in [6.45, 7) is 11.2. The van der Waals surface area contributed by atoms with Gasteiger partial charge in [0.05, 0.1) is 18.2 Å². The van der Waals surface area contributed by atoms with E-state index in [0.717, 1.165) is 0 Å². The number of hydrogen-bond donors (Lipinski definition) is 1. The summed E-state index contributed by atoms with van der Waals surface area (Å²) in [5.74, 6) is 0.0366. The standard InChI is InChI=1S/C12H24N2O2/c1-8-6-14(7-9(2)16-8)11(15)10(13)12(3,4)5/h8-10H,6-7,13H2,1-5H3/t8-,9+,10?. The normalized spacial score (nSPS) is 29.0. The number of carbonyl (C=O) groups is 1. The van der Waals surface area contributed by atoms with Crippen molar-refractivity contribution in [2.45, 2.75) is 52.9 Å². The fourth-order valence-electron chi connectivity index (χ4n) is 1.92. The van der Waals surface area contributed by atoms with Crippen LogP contribution in [0.4, 0.5) is 0 Å². The van der Waals surface area contributed by atoms with Gasteiger partial charge in [0.1, 0.15) is 0 Å². The lowest BCUT2D eigenvalue weighted by molar-refractivity contribution is -0.146. The maximum absolute atomic E-state index is 12.2. The molecule has 1 aliphatic heterocycles. The van der Waals surface area contributed by atoms with E-state index in [1.54, 1.807) is 0 Å². The van der Waals surface area contributed by atoms with Gasteiger partial charge in [-0.05, 0) is 19.3 Å². The Morgan fingerprint density at radius 1 is 1.31 bits per heavy atom. The van der Waals surface area contributed by atoms with Crippen molar-refractivity contribution in [3.8, 4) is 0 Å². The Balaban J connectivity index is 2.67. The lowest BCUT2D eigenvalue weighted by Gasteiger charge is -2.38. The van der Waals surface area contributed by atoms with Gasteiger partial charge in [-0.1, -0.05) is 20.8 Å². The van der Waals surface area contributed by atoms with Crippen molar-refractivity contribution in [3.05, 3.63) is 0 Å². The SMILES string of the molecule is C[C@@H]1CN(C(=O)C(N)C(C)(C)C)C[C@H](C)O1. The molecule has 3 atom stereocenters. The molecule has 1 fully saturated rings. The summed E-state index contributed by atoms with van der Waals surface area (Å²) >= 11 is 0. The van der Waals surface area contributed by atoms with Gasteiger partial charge in [0, 0.05) is 13.1 Å². The van der Waals surface area contributed by atoms with Crippen LogP contribution in [0.1, 0.15) is 34.6 Å². The summed E-state index contributed by atoms with van der Waals surface area (Å²) in [6.07, 6.45) is 0.194. The van der Waals surface area contributed by atoms with Crippen LogP contribution >= 0.6 is 0 Å². The highest BCUT2D eigenvalue weighted by molar-refractivity contribution is 5.82. The van der Waals surface area contributed by atoms with E-state index in [9.17, 15) is 4.79 Å². The Bertz CT molecular complexity index is 250. The number of morpholine rings is 1. The van der Waals surface area contributed by atoms with E-state index in [2.05, 4.69) is 0 Å². The number of rotatable bonds is 1. The van der Waals surface area contributed by atoms with Gasteiger partial charge in [0.25, 0.3) is 0 Å². The minimum Gasteiger partial charge on any atom is -0.372 e. The third-order valence-electron chi connectivity index (χ3n) is 2.93. The van der Waals surface area contributed by atoms with Crippen molar-refractivity contribution in [1.82, 2.24) is 4.90 Å². The van der Waals surface area contributed by atoms with Crippen molar-refractivity contribution in [2.24, 2.45) is 11.1 Å². The molecule has 4 heteroatoms. The molecule has 1 saturated heterocycles. The van der Waals surface area contributed by atoms with E-state index in [-0.39, 0.29) is 23.5 Å². The molecule has 1 rings (SSSR count). The first-order valence-electron chi connectivity index (χ1n) is 5.91. The van der Waals surface area contributed by atoms with Crippen molar-refractivity contribution in [2.75, 3.05) is 13.1 Å². The summed E-state index contributed by atoms with van der Waals surface area (Å²) < 4.78 is 5.60. The molecule has 0 aromatic carbocycles. The zero-order valence-corrected chi connectivity index (χ0v) is 11.0. The van der Waals surface area contributed by atoms with Crippen LogP contribution in [0.5, 0.6) is 0 Å². The van der Waals surface area contributed by atoms with Crippen LogP contribution in [-0.2, 0) is 9.53 Å². The van der Waals surface area contributed by atoms with Crippen LogP contribution in [0.2, 0.25) is 0 Å². The van der Waals surface area contributed by atoms with Crippen molar-refractivity contribution >= 4 is 5.91 Å². The molecule has 0 spiro atoms. The lowest BCUT2D eigenvalue weighted by Crippen LogP contribution is -2.56. The molecule has 0 radical (unpaired) electrons. The second kappa shape index (κ2) is 4.72. The van der Waals surface area contributed by atoms with Gasteiger partial charge in [0.15, 0.2) is 0 Å². The van der Waals surface area contributed by atoms with Gasteiger partial charge in [-0.15, -0.1) is 0 Å². The fourth-order valence-corrected chi connectivity index (χ4v) is 1.92. The molecule has 1 aliphatic rings. The van der Waals surface area contributed by atoms with E-state index in [1.807, 2.05) is 39.5 Å². The molecule has 94 valence electrons. The summed E-state index contributed by atoms with van der Waals surface area (Å²) in [5, 5.41) is 0. The number of carbonyl (C=O) groups excluding carboxylic acids is 1. The molecule has 0 aliphatic carbocycles. The van der Waals surface area contributed by atoms with E-state index in [0.29, 0.717) is 13.1 Å². The van der Waals surface area contributed by atoms with Crippen LogP contribution in [0.15, 0.2) is 0 Å². The number of ether oxygens (including phenoxy) is 1. The number of amides is 1. The Morgan fingerprint density at radius 3 is 2.12 bits per heavy atom. The zero-order valence-electron chi connectivity index (χ0n) is 11.0. The highest BCUT2D eigenvalue weighted by atomic mass is 16.5. The monoisotopic (exact) mass is 228 g/mol. The first-order chi connectivity index (χ1) is 7.21. The minimum absolute atomic E-state index is 0.0366. The van der Waals surface area contributed by atoms with Crippen LogP contribution in [-0.4, -0.2) is 42.1 Å². The third-order valence-corrected chi connectivity index (χ3v) is 2.93. The number of hydrogen-bond acceptors (Lipinski definition) is 3. The second-order valence-corrected chi connectivity index (χ2v) is 5.84. The molecule has 4 nitrogen and oxygen atoms in total. The van der Waals surface area contributed by atoms with Crippen molar-refractivity contribution < 1.29 is 9.53 Å². The number of nitrogens with zero attached hydrogens (tertiary/aromatic N) is 1. The summed E-state index contributed by atoms with van der Waals surface area (Å²) in [7, 11) is 0. The van der Waals surface area contributed by atoms with Gasteiger partial charge >= 0.3 is 0 Å². The van der Waals surface area contributed by atoms with Gasteiger partial charge in [-0.25, -0.2) is 0 Å². The molecular weight excluding hydrogens is 204 g/mol. The molecule has 0 aromatic heterocycles. The Labute approximate surface area is 98.1 Å². The van der Waals surface area contributed by atoms with Crippen LogP contribution in [0.25, 0.3) is 0 Å². The maximum atomic E-state index is 12.2. The smallest absolute Gasteiger partial charge is 0.240 e. The largest absolute Gasteiger partial charge is 0.372 e. The Morgan fingerprint density at radius 2 is 1.75 bits per heavy atom. The van der Waals surface area contributed by atoms with E-state index in [4.69, 9.17) is 10.5 Å². The minimum atomic E-state index is -0.440. The first kappa shape index (κ1) is 13.5. The van der Waals surface area contributed by atoms with Crippen LogP contribution in [0.3, 0.4) is 0 Å². The second-order valence-electron chi connectivity index (χ2n) is 5.84. The molecule has 16 heavy (non-hydrogen) atoms. The number of nitrogens with two attached hydrogens (primary N) is 1. The molecule has 0 saturated carbocycles. The Hall–Kier alpha value is -0.610. The summed E-state index contributed by atoms with van der Waals surface area (Å²) in [4.78, 5) is 14.0. The molecule has 1 amide bonds. The highest BCUT2D eigenvalue weighted by Crippen LogP contribution is 2.21. The molecule has 2 N–H and O–H groups in total. The topological polar surface area (TPSA) is 55.6 Å². The molecule has 1 unspecified atom stereocenters. The van der Waals surface area contributed by atoms with E-state index in [1.165, 1.54) is 0 Å².